The topological polar surface area (TPSA) is 38.0 Å². The molecule has 0 amide bonds. The van der Waals surface area contributed by atoms with Gasteiger partial charge in [-0.25, -0.2) is 0 Å². The Morgan fingerprint density at radius 3 is 2.42 bits per heavy atom. The van der Waals surface area contributed by atoms with Crippen LogP contribution in [-0.4, -0.2) is 14.9 Å². The monoisotopic (exact) mass is 232 g/mol. The van der Waals surface area contributed by atoms with Crippen molar-refractivity contribution in [3.63, 3.8) is 0 Å². The fourth-order valence-electron chi connectivity index (χ4n) is 0.941. The number of aliphatic hydroxyl groups excluding tert-OH is 1. The van der Waals surface area contributed by atoms with Gasteiger partial charge < -0.3 is 5.11 Å². The van der Waals surface area contributed by atoms with Crippen LogP contribution < -0.4 is 0 Å². The summed E-state index contributed by atoms with van der Waals surface area (Å²) >= 11 is 3.39. The van der Waals surface area contributed by atoms with E-state index in [1.807, 2.05) is 4.68 Å². The molecule has 1 aromatic rings. The Bertz CT molecular complexity index is 275. The van der Waals surface area contributed by atoms with Gasteiger partial charge in [0.25, 0.3) is 0 Å². The molecule has 0 saturated carbocycles. The second-order valence-corrected chi connectivity index (χ2v) is 4.45. The van der Waals surface area contributed by atoms with Crippen LogP contribution in [0, 0.1) is 0 Å². The van der Waals surface area contributed by atoms with Crippen LogP contribution in [-0.2, 0) is 12.1 Å². The molecule has 0 unspecified atom stereocenters. The first-order valence-electron chi connectivity index (χ1n) is 3.80. The van der Waals surface area contributed by atoms with Crippen molar-refractivity contribution in [1.82, 2.24) is 9.78 Å². The lowest BCUT2D eigenvalue weighted by molar-refractivity contribution is 0.279. The Labute approximate surface area is 80.5 Å². The first-order chi connectivity index (χ1) is 5.46. The van der Waals surface area contributed by atoms with Gasteiger partial charge in [-0.2, -0.15) is 5.10 Å². The summed E-state index contributed by atoms with van der Waals surface area (Å²) in [5.74, 6) is 0. The van der Waals surface area contributed by atoms with Crippen molar-refractivity contribution in [3.8, 4) is 0 Å². The molecule has 0 spiro atoms. The lowest BCUT2D eigenvalue weighted by Gasteiger charge is -2.20. The summed E-state index contributed by atoms with van der Waals surface area (Å²) in [6, 6.07) is 0. The highest BCUT2D eigenvalue weighted by Crippen LogP contribution is 2.23. The summed E-state index contributed by atoms with van der Waals surface area (Å²) in [4.78, 5) is 0. The second kappa shape index (κ2) is 3.18. The maximum atomic E-state index is 8.91. The zero-order valence-electron chi connectivity index (χ0n) is 7.50. The van der Waals surface area contributed by atoms with Gasteiger partial charge in [0.15, 0.2) is 0 Å². The number of hydrogen-bond acceptors (Lipinski definition) is 2. The van der Waals surface area contributed by atoms with E-state index in [9.17, 15) is 0 Å². The van der Waals surface area contributed by atoms with Crippen LogP contribution in [0.2, 0.25) is 0 Å². The number of halogens is 1. The second-order valence-electron chi connectivity index (χ2n) is 3.70. The van der Waals surface area contributed by atoms with Gasteiger partial charge in [-0.1, -0.05) is 0 Å². The third-order valence-corrected chi connectivity index (χ3v) is 2.43. The third-order valence-electron chi connectivity index (χ3n) is 1.59. The Hall–Kier alpha value is -0.350. The van der Waals surface area contributed by atoms with Crippen molar-refractivity contribution in [2.45, 2.75) is 32.9 Å². The molecule has 1 aromatic heterocycles. The molecule has 0 atom stereocenters. The van der Waals surface area contributed by atoms with Crippen LogP contribution in [0.3, 0.4) is 0 Å². The summed E-state index contributed by atoms with van der Waals surface area (Å²) in [6.45, 7) is 6.21. The minimum Gasteiger partial charge on any atom is -0.392 e. The minimum atomic E-state index is -0.0494. The molecule has 0 radical (unpaired) electrons. The quantitative estimate of drug-likeness (QED) is 0.804. The van der Waals surface area contributed by atoms with Crippen LogP contribution in [0.15, 0.2) is 10.8 Å². The molecule has 1 N–H and O–H groups in total. The van der Waals surface area contributed by atoms with E-state index in [4.69, 9.17) is 5.11 Å². The average Bonchev–Trinajstić information content (AvgIpc) is 2.29. The van der Waals surface area contributed by atoms with Gasteiger partial charge in [0.05, 0.1) is 18.3 Å². The largest absolute Gasteiger partial charge is 0.392 e. The Morgan fingerprint density at radius 2 is 2.17 bits per heavy atom. The highest BCUT2D eigenvalue weighted by Gasteiger charge is 2.18. The Balaban J connectivity index is 3.11. The summed E-state index contributed by atoms with van der Waals surface area (Å²) < 4.78 is 2.70. The van der Waals surface area contributed by atoms with Gasteiger partial charge >= 0.3 is 0 Å². The molecule has 1 rings (SSSR count). The molecule has 0 saturated heterocycles. The van der Waals surface area contributed by atoms with Gasteiger partial charge in [-0.15, -0.1) is 0 Å². The molecular weight excluding hydrogens is 220 g/mol. The molecule has 3 nitrogen and oxygen atoms in total. The molecule has 4 heteroatoms. The number of nitrogens with zero attached hydrogens (tertiary/aromatic N) is 2. The fourth-order valence-corrected chi connectivity index (χ4v) is 1.79. The predicted molar refractivity (Wildman–Crippen MR) is 50.8 cm³/mol. The van der Waals surface area contributed by atoms with Crippen molar-refractivity contribution in [1.29, 1.82) is 0 Å². The normalized spacial score (nSPS) is 12.1. The fraction of sp³-hybridized carbons (Fsp3) is 0.625. The van der Waals surface area contributed by atoms with E-state index in [-0.39, 0.29) is 12.1 Å². The van der Waals surface area contributed by atoms with Crippen molar-refractivity contribution in [2.24, 2.45) is 0 Å². The van der Waals surface area contributed by atoms with E-state index in [1.54, 1.807) is 6.20 Å². The zero-order valence-corrected chi connectivity index (χ0v) is 9.09. The average molecular weight is 233 g/mol. The molecule has 1 heterocycles. The SMILES string of the molecule is CC(C)(C)n1ncc(CO)c1Br. The third kappa shape index (κ3) is 1.69. The first-order valence-corrected chi connectivity index (χ1v) is 4.60. The molecule has 0 aromatic carbocycles. The van der Waals surface area contributed by atoms with Crippen molar-refractivity contribution < 1.29 is 5.11 Å². The number of rotatable bonds is 1. The van der Waals surface area contributed by atoms with E-state index in [0.717, 1.165) is 10.2 Å². The molecule has 0 aliphatic carbocycles. The maximum absolute atomic E-state index is 8.91. The van der Waals surface area contributed by atoms with E-state index < -0.39 is 0 Å². The van der Waals surface area contributed by atoms with E-state index in [2.05, 4.69) is 41.8 Å². The number of aliphatic hydroxyl groups is 1. The van der Waals surface area contributed by atoms with Crippen molar-refractivity contribution in [3.05, 3.63) is 16.4 Å². The highest BCUT2D eigenvalue weighted by atomic mass is 79.9. The molecule has 0 aliphatic heterocycles. The van der Waals surface area contributed by atoms with E-state index in [1.165, 1.54) is 0 Å². The van der Waals surface area contributed by atoms with Crippen LogP contribution >= 0.6 is 15.9 Å². The lowest BCUT2D eigenvalue weighted by atomic mass is 10.1. The van der Waals surface area contributed by atoms with Crippen molar-refractivity contribution in [2.75, 3.05) is 0 Å². The van der Waals surface area contributed by atoms with Gasteiger partial charge in [0, 0.05) is 5.56 Å². The van der Waals surface area contributed by atoms with E-state index in [0.29, 0.717) is 0 Å². The molecule has 0 aliphatic rings. The van der Waals surface area contributed by atoms with Crippen LogP contribution in [0.25, 0.3) is 0 Å². The Morgan fingerprint density at radius 1 is 1.58 bits per heavy atom. The van der Waals surface area contributed by atoms with Crippen LogP contribution in [0.1, 0.15) is 26.3 Å². The zero-order chi connectivity index (χ0) is 9.35. The van der Waals surface area contributed by atoms with Crippen LogP contribution in [0.4, 0.5) is 0 Å². The van der Waals surface area contributed by atoms with Gasteiger partial charge in [0.1, 0.15) is 4.60 Å². The maximum Gasteiger partial charge on any atom is 0.110 e. The van der Waals surface area contributed by atoms with Crippen molar-refractivity contribution >= 4 is 15.9 Å². The highest BCUT2D eigenvalue weighted by molar-refractivity contribution is 9.10. The van der Waals surface area contributed by atoms with Gasteiger partial charge in [0.2, 0.25) is 0 Å². The molecular formula is C8H13BrN2O. The number of aromatic nitrogens is 2. The molecule has 68 valence electrons. The molecule has 0 bridgehead atoms. The van der Waals surface area contributed by atoms with Gasteiger partial charge in [-0.3, -0.25) is 4.68 Å². The minimum absolute atomic E-state index is 0.0245. The first kappa shape index (κ1) is 9.74. The van der Waals surface area contributed by atoms with E-state index >= 15 is 0 Å². The summed E-state index contributed by atoms with van der Waals surface area (Å²) in [5, 5.41) is 13.1. The summed E-state index contributed by atoms with van der Waals surface area (Å²) in [6.07, 6.45) is 1.68. The molecule has 0 fully saturated rings. The summed E-state index contributed by atoms with van der Waals surface area (Å²) in [5.41, 5.74) is 0.775. The standard InChI is InChI=1S/C8H13BrN2O/c1-8(2,3)11-7(9)6(5-12)4-10-11/h4,12H,5H2,1-3H3. The van der Waals surface area contributed by atoms with Crippen LogP contribution in [0.5, 0.6) is 0 Å². The van der Waals surface area contributed by atoms with Gasteiger partial charge in [-0.05, 0) is 36.7 Å². The molecule has 12 heavy (non-hydrogen) atoms. The Kier molecular flexibility index (Phi) is 2.58. The number of hydrogen-bond donors (Lipinski definition) is 1. The predicted octanol–water partition coefficient (Wildman–Crippen LogP) is 1.89. The lowest BCUT2D eigenvalue weighted by Crippen LogP contribution is -2.23. The smallest absolute Gasteiger partial charge is 0.110 e. The summed E-state index contributed by atoms with van der Waals surface area (Å²) in [7, 11) is 0.